The Morgan fingerprint density at radius 1 is 1.29 bits per heavy atom. The van der Waals surface area contributed by atoms with Gasteiger partial charge in [-0.2, -0.15) is 4.98 Å². The molecule has 0 radical (unpaired) electrons. The third kappa shape index (κ3) is 1.83. The highest BCUT2D eigenvalue weighted by Crippen LogP contribution is 2.25. The van der Waals surface area contributed by atoms with Gasteiger partial charge in [0, 0.05) is 10.6 Å². The first-order valence-corrected chi connectivity index (χ1v) is 6.15. The van der Waals surface area contributed by atoms with E-state index in [1.54, 1.807) is 11.3 Å². The van der Waals surface area contributed by atoms with Crippen LogP contribution in [0.5, 0.6) is 0 Å². The molecule has 0 aromatic carbocycles. The number of aryl methyl sites for hydroxylation is 1. The van der Waals surface area contributed by atoms with E-state index < -0.39 is 0 Å². The minimum atomic E-state index is -0.315. The van der Waals surface area contributed by atoms with E-state index in [-0.39, 0.29) is 6.04 Å². The largest absolute Gasteiger partial charge is 0.437 e. The zero-order valence-corrected chi connectivity index (χ0v) is 10.1. The standard InChI is InChI=1S/C12H11N3OS/c1-7-4-5-8-11(14-7)15-12(16-8)10(13)9-3-2-6-17-9/h2-6,10H,13H2,1H3. The normalized spacial score (nSPS) is 13.1. The fourth-order valence-electron chi connectivity index (χ4n) is 1.65. The molecule has 0 saturated heterocycles. The lowest BCUT2D eigenvalue weighted by Crippen LogP contribution is -2.10. The van der Waals surface area contributed by atoms with E-state index in [1.165, 1.54) is 0 Å². The summed E-state index contributed by atoms with van der Waals surface area (Å²) in [6, 6.07) is 7.39. The molecule has 1 unspecified atom stereocenters. The predicted octanol–water partition coefficient (Wildman–Crippen LogP) is 2.64. The number of hydrogen-bond acceptors (Lipinski definition) is 5. The quantitative estimate of drug-likeness (QED) is 0.753. The van der Waals surface area contributed by atoms with E-state index in [4.69, 9.17) is 10.2 Å². The maximum absolute atomic E-state index is 6.09. The van der Waals surface area contributed by atoms with Crippen molar-refractivity contribution in [3.8, 4) is 0 Å². The second-order valence-electron chi connectivity index (χ2n) is 3.82. The fourth-order valence-corrected chi connectivity index (χ4v) is 2.37. The number of thiophene rings is 1. The third-order valence-corrected chi connectivity index (χ3v) is 3.48. The van der Waals surface area contributed by atoms with Gasteiger partial charge in [0.25, 0.3) is 0 Å². The van der Waals surface area contributed by atoms with Gasteiger partial charge in [0.05, 0.1) is 0 Å². The smallest absolute Gasteiger partial charge is 0.219 e. The zero-order chi connectivity index (χ0) is 11.8. The van der Waals surface area contributed by atoms with Gasteiger partial charge in [-0.15, -0.1) is 11.3 Å². The van der Waals surface area contributed by atoms with Gasteiger partial charge in [-0.3, -0.25) is 0 Å². The Morgan fingerprint density at radius 2 is 2.18 bits per heavy atom. The highest BCUT2D eigenvalue weighted by atomic mass is 32.1. The van der Waals surface area contributed by atoms with Crippen LogP contribution in [0.1, 0.15) is 22.5 Å². The topological polar surface area (TPSA) is 64.9 Å². The summed E-state index contributed by atoms with van der Waals surface area (Å²) in [7, 11) is 0. The summed E-state index contributed by atoms with van der Waals surface area (Å²) in [5.41, 5.74) is 8.30. The van der Waals surface area contributed by atoms with E-state index in [1.807, 2.05) is 36.6 Å². The van der Waals surface area contributed by atoms with Crippen molar-refractivity contribution in [2.45, 2.75) is 13.0 Å². The molecule has 0 saturated carbocycles. The molecule has 0 spiro atoms. The highest BCUT2D eigenvalue weighted by Gasteiger charge is 2.17. The fraction of sp³-hybridized carbons (Fsp3) is 0.167. The van der Waals surface area contributed by atoms with E-state index in [0.29, 0.717) is 17.1 Å². The first-order valence-electron chi connectivity index (χ1n) is 5.27. The van der Waals surface area contributed by atoms with Gasteiger partial charge in [-0.05, 0) is 30.5 Å². The van der Waals surface area contributed by atoms with Crippen LogP contribution in [0.3, 0.4) is 0 Å². The molecule has 0 aliphatic carbocycles. The number of aromatic nitrogens is 2. The molecule has 86 valence electrons. The van der Waals surface area contributed by atoms with Gasteiger partial charge in [-0.1, -0.05) is 6.07 Å². The summed E-state index contributed by atoms with van der Waals surface area (Å²) in [5.74, 6) is 0.514. The first kappa shape index (κ1) is 10.4. The molecule has 0 bridgehead atoms. The number of pyridine rings is 1. The van der Waals surface area contributed by atoms with Gasteiger partial charge in [0.15, 0.2) is 11.2 Å². The SMILES string of the molecule is Cc1ccc2oc(C(N)c3cccs3)nc2n1. The minimum absolute atomic E-state index is 0.315. The van der Waals surface area contributed by atoms with Crippen molar-refractivity contribution >= 4 is 22.6 Å². The van der Waals surface area contributed by atoms with Crippen LogP contribution in [0.4, 0.5) is 0 Å². The molecule has 3 heterocycles. The molecule has 3 rings (SSSR count). The van der Waals surface area contributed by atoms with Gasteiger partial charge >= 0.3 is 0 Å². The number of rotatable bonds is 2. The van der Waals surface area contributed by atoms with Gasteiger partial charge < -0.3 is 10.2 Å². The summed E-state index contributed by atoms with van der Waals surface area (Å²) in [6.07, 6.45) is 0. The Labute approximate surface area is 102 Å². The Bertz CT molecular complexity index is 645. The average Bonchev–Trinajstić information content (AvgIpc) is 2.96. The molecule has 0 aliphatic rings. The van der Waals surface area contributed by atoms with Gasteiger partial charge in [0.1, 0.15) is 6.04 Å². The number of fused-ring (bicyclic) bond motifs is 1. The van der Waals surface area contributed by atoms with Crippen molar-refractivity contribution in [3.63, 3.8) is 0 Å². The van der Waals surface area contributed by atoms with Crippen molar-refractivity contribution in [2.75, 3.05) is 0 Å². The molecule has 0 aliphatic heterocycles. The molecule has 4 nitrogen and oxygen atoms in total. The molecule has 3 aromatic rings. The van der Waals surface area contributed by atoms with Crippen LogP contribution in [0.2, 0.25) is 0 Å². The lowest BCUT2D eigenvalue weighted by molar-refractivity contribution is 0.507. The van der Waals surface area contributed by atoms with Crippen LogP contribution in [0, 0.1) is 6.92 Å². The van der Waals surface area contributed by atoms with Crippen LogP contribution in [-0.4, -0.2) is 9.97 Å². The minimum Gasteiger partial charge on any atom is -0.437 e. The summed E-state index contributed by atoms with van der Waals surface area (Å²) >= 11 is 1.59. The van der Waals surface area contributed by atoms with Crippen LogP contribution in [-0.2, 0) is 0 Å². The molecular formula is C12H11N3OS. The maximum Gasteiger partial charge on any atom is 0.219 e. The molecule has 3 aromatic heterocycles. The van der Waals surface area contributed by atoms with Gasteiger partial charge in [0.2, 0.25) is 5.89 Å². The number of nitrogens with two attached hydrogens (primary N) is 1. The average molecular weight is 245 g/mol. The van der Waals surface area contributed by atoms with Crippen molar-refractivity contribution in [3.05, 3.63) is 46.1 Å². The molecule has 0 amide bonds. The predicted molar refractivity (Wildman–Crippen MR) is 66.9 cm³/mol. The Kier molecular flexibility index (Phi) is 2.42. The summed E-state index contributed by atoms with van der Waals surface area (Å²) in [6.45, 7) is 1.92. The van der Waals surface area contributed by atoms with Gasteiger partial charge in [-0.25, -0.2) is 4.98 Å². The first-order chi connectivity index (χ1) is 8.24. The van der Waals surface area contributed by atoms with Crippen LogP contribution in [0.25, 0.3) is 11.2 Å². The number of hydrogen-bond donors (Lipinski definition) is 1. The second-order valence-corrected chi connectivity index (χ2v) is 4.80. The Morgan fingerprint density at radius 3 is 2.94 bits per heavy atom. The maximum atomic E-state index is 6.09. The third-order valence-electron chi connectivity index (χ3n) is 2.52. The van der Waals surface area contributed by atoms with E-state index in [0.717, 1.165) is 10.6 Å². The van der Waals surface area contributed by atoms with Crippen molar-refractivity contribution in [1.82, 2.24) is 9.97 Å². The Balaban J connectivity index is 2.06. The zero-order valence-electron chi connectivity index (χ0n) is 9.25. The van der Waals surface area contributed by atoms with E-state index in [2.05, 4.69) is 9.97 Å². The van der Waals surface area contributed by atoms with E-state index >= 15 is 0 Å². The number of nitrogens with zero attached hydrogens (tertiary/aromatic N) is 2. The lowest BCUT2D eigenvalue weighted by atomic mass is 10.2. The van der Waals surface area contributed by atoms with Crippen LogP contribution >= 0.6 is 11.3 Å². The van der Waals surface area contributed by atoms with E-state index in [9.17, 15) is 0 Å². The molecule has 2 N–H and O–H groups in total. The number of oxazole rings is 1. The lowest BCUT2D eigenvalue weighted by Gasteiger charge is -2.02. The molecule has 0 fully saturated rings. The summed E-state index contributed by atoms with van der Waals surface area (Å²) < 4.78 is 5.62. The second kappa shape index (κ2) is 3.94. The Hall–Kier alpha value is -1.72. The monoisotopic (exact) mass is 245 g/mol. The molecule has 5 heteroatoms. The highest BCUT2D eigenvalue weighted by molar-refractivity contribution is 7.10. The molecule has 1 atom stereocenters. The molecule has 17 heavy (non-hydrogen) atoms. The van der Waals surface area contributed by atoms with Crippen LogP contribution in [0.15, 0.2) is 34.1 Å². The van der Waals surface area contributed by atoms with Crippen molar-refractivity contribution in [2.24, 2.45) is 5.73 Å². The van der Waals surface area contributed by atoms with Crippen molar-refractivity contribution in [1.29, 1.82) is 0 Å². The summed E-state index contributed by atoms with van der Waals surface area (Å²) in [5, 5.41) is 1.99. The molecular weight excluding hydrogens is 234 g/mol. The van der Waals surface area contributed by atoms with Crippen molar-refractivity contribution < 1.29 is 4.42 Å². The van der Waals surface area contributed by atoms with Crippen LogP contribution < -0.4 is 5.73 Å². The summed E-state index contributed by atoms with van der Waals surface area (Å²) in [4.78, 5) is 9.67.